The fourth-order valence-electron chi connectivity index (χ4n) is 3.76. The lowest BCUT2D eigenvalue weighted by molar-refractivity contribution is -0.272. The van der Waals surface area contributed by atoms with Gasteiger partial charge in [-0.2, -0.15) is 22.3 Å². The van der Waals surface area contributed by atoms with Gasteiger partial charge in [0.2, 0.25) is 5.82 Å². The van der Waals surface area contributed by atoms with E-state index in [9.17, 15) is 41.9 Å². The van der Waals surface area contributed by atoms with Crippen LogP contribution in [0.4, 0.5) is 22.0 Å². The van der Waals surface area contributed by atoms with Gasteiger partial charge in [0.1, 0.15) is 11.8 Å². The van der Waals surface area contributed by atoms with Crippen molar-refractivity contribution in [3.05, 3.63) is 58.7 Å². The van der Waals surface area contributed by atoms with E-state index in [2.05, 4.69) is 4.99 Å². The van der Waals surface area contributed by atoms with Gasteiger partial charge in [0.05, 0.1) is 5.36 Å². The van der Waals surface area contributed by atoms with Crippen molar-refractivity contribution in [1.29, 1.82) is 0 Å². The van der Waals surface area contributed by atoms with Crippen molar-refractivity contribution in [1.82, 2.24) is 4.73 Å². The van der Waals surface area contributed by atoms with Gasteiger partial charge in [-0.15, -0.1) is 0 Å². The summed E-state index contributed by atoms with van der Waals surface area (Å²) in [6.07, 6.45) is -6.01. The number of benzene rings is 1. The molecule has 2 aromatic rings. The average molecular weight is 475 g/mol. The first-order chi connectivity index (χ1) is 15.2. The third-order valence-electron chi connectivity index (χ3n) is 5.78. The number of nitrogens with two attached hydrogens (primary N) is 1. The predicted molar refractivity (Wildman–Crippen MR) is 100.0 cm³/mol. The normalized spacial score (nSPS) is 25.9. The minimum absolute atomic E-state index is 0.246. The number of carbonyl (C=O) groups is 2. The molecule has 33 heavy (non-hydrogen) atoms. The van der Waals surface area contributed by atoms with Crippen molar-refractivity contribution in [3.8, 4) is 5.75 Å². The number of hydrogen-bond donors (Lipinski definition) is 3. The number of aromatic nitrogens is 1. The van der Waals surface area contributed by atoms with Crippen molar-refractivity contribution < 1.29 is 46.6 Å². The number of hydrogen-bond acceptors (Lipinski definition) is 5. The number of amides is 2. The van der Waals surface area contributed by atoms with Crippen LogP contribution in [0.2, 0.25) is 0 Å². The average Bonchev–Trinajstić information content (AvgIpc) is 3.00. The molecule has 0 saturated carbocycles. The molecule has 13 heteroatoms. The molecule has 0 bridgehead atoms. The Morgan fingerprint density at radius 2 is 1.88 bits per heavy atom. The number of alkyl halides is 3. The van der Waals surface area contributed by atoms with E-state index >= 15 is 0 Å². The van der Waals surface area contributed by atoms with Gasteiger partial charge in [-0.1, -0.05) is 13.0 Å². The number of halogens is 5. The van der Waals surface area contributed by atoms with Crippen molar-refractivity contribution in [2.24, 2.45) is 16.6 Å². The van der Waals surface area contributed by atoms with Crippen LogP contribution in [0.1, 0.15) is 35.8 Å². The summed E-state index contributed by atoms with van der Waals surface area (Å²) in [4.78, 5) is 27.9. The molecule has 1 aliphatic heterocycles. The molecule has 1 fully saturated rings. The summed E-state index contributed by atoms with van der Waals surface area (Å²) in [7, 11) is 0. The zero-order valence-electron chi connectivity index (χ0n) is 17.1. The van der Waals surface area contributed by atoms with E-state index in [1.165, 1.54) is 0 Å². The van der Waals surface area contributed by atoms with Crippen molar-refractivity contribution in [2.75, 3.05) is 0 Å². The highest BCUT2D eigenvalue weighted by molar-refractivity contribution is 5.91. The summed E-state index contributed by atoms with van der Waals surface area (Å²) < 4.78 is 74.4. The fraction of sp³-hybridized carbons (Fsp3) is 0.350. The number of nitrogens with zero attached hydrogens (tertiary/aromatic N) is 2. The van der Waals surface area contributed by atoms with Crippen LogP contribution >= 0.6 is 0 Å². The highest BCUT2D eigenvalue weighted by Gasteiger charge is 2.65. The summed E-state index contributed by atoms with van der Waals surface area (Å²) in [6.45, 7) is 1.78. The molecule has 8 nitrogen and oxygen atoms in total. The van der Waals surface area contributed by atoms with Crippen LogP contribution in [0.5, 0.6) is 5.75 Å². The van der Waals surface area contributed by atoms with E-state index in [4.69, 9.17) is 10.5 Å². The van der Waals surface area contributed by atoms with Gasteiger partial charge in [-0.3, -0.25) is 9.59 Å². The predicted octanol–water partition coefficient (Wildman–Crippen LogP) is 2.38. The maximum Gasteiger partial charge on any atom is 0.417 e. The van der Waals surface area contributed by atoms with E-state index in [1.807, 2.05) is 0 Å². The van der Waals surface area contributed by atoms with Crippen LogP contribution < -0.4 is 11.1 Å². The maximum atomic E-state index is 14.0. The van der Waals surface area contributed by atoms with Gasteiger partial charge in [-0.25, -0.2) is 9.38 Å². The van der Waals surface area contributed by atoms with Gasteiger partial charge < -0.3 is 20.8 Å². The number of ether oxygens (including phenoxy) is 1. The van der Waals surface area contributed by atoms with E-state index in [0.29, 0.717) is 17.7 Å². The number of phenols is 1. The molecule has 4 N–H and O–H groups in total. The Labute approximate surface area is 182 Å². The summed E-state index contributed by atoms with van der Waals surface area (Å²) in [5.74, 6) is -9.81. The van der Waals surface area contributed by atoms with Gasteiger partial charge in [0, 0.05) is 23.6 Å². The quantitative estimate of drug-likeness (QED) is 0.464. The number of pyridine rings is 1. The summed E-state index contributed by atoms with van der Waals surface area (Å²) in [6, 6.07) is 3.44. The molecule has 4 atom stereocenters. The SMILES string of the molecule is C[C@@H]1[C@@H](c2ccc(F)c(F)c2O)[C@H](C(=O)N=c2ccn(O)c(C(N)=O)c2)O[C@]1(C)C(F)(F)F. The van der Waals surface area contributed by atoms with Crippen LogP contribution in [0.3, 0.4) is 0 Å². The summed E-state index contributed by atoms with van der Waals surface area (Å²) >= 11 is 0. The molecule has 1 aromatic carbocycles. The Morgan fingerprint density at radius 3 is 2.45 bits per heavy atom. The van der Waals surface area contributed by atoms with Gasteiger partial charge >= 0.3 is 6.18 Å². The van der Waals surface area contributed by atoms with Crippen molar-refractivity contribution in [3.63, 3.8) is 0 Å². The van der Waals surface area contributed by atoms with E-state index in [0.717, 1.165) is 31.3 Å². The largest absolute Gasteiger partial charge is 0.505 e. The highest BCUT2D eigenvalue weighted by atomic mass is 19.4. The van der Waals surface area contributed by atoms with E-state index in [1.54, 1.807) is 0 Å². The lowest BCUT2D eigenvalue weighted by atomic mass is 9.77. The third-order valence-corrected chi connectivity index (χ3v) is 5.78. The van der Waals surface area contributed by atoms with Crippen LogP contribution in [-0.4, -0.2) is 44.7 Å². The van der Waals surface area contributed by atoms with E-state index < -0.39 is 70.2 Å². The molecule has 0 radical (unpaired) electrons. The van der Waals surface area contributed by atoms with Crippen LogP contribution in [0, 0.1) is 17.6 Å². The second-order valence-corrected chi connectivity index (χ2v) is 7.69. The summed E-state index contributed by atoms with van der Waals surface area (Å²) in [5, 5.41) is 19.4. The lowest BCUT2D eigenvalue weighted by Gasteiger charge is -2.31. The van der Waals surface area contributed by atoms with Gasteiger partial charge in [0.15, 0.2) is 17.2 Å². The van der Waals surface area contributed by atoms with Crippen LogP contribution in [-0.2, 0) is 9.53 Å². The topological polar surface area (TPSA) is 127 Å². The number of rotatable bonds is 3. The zero-order valence-corrected chi connectivity index (χ0v) is 17.1. The standard InChI is InChI=1S/C20H18F5N3O5/c1-8-13(10-3-4-11(21)14(22)15(10)29)16(33-19(8,2)20(23,24)25)18(31)27-9-5-6-28(32)12(7-9)17(26)30/h3-8,13,16,29,32H,1-2H3,(H2,26,30)/t8-,13+,16-,19+/m1/s1. The van der Waals surface area contributed by atoms with Crippen LogP contribution in [0.25, 0.3) is 0 Å². The first kappa shape index (κ1) is 24.2. The molecule has 3 rings (SSSR count). The Bertz CT molecular complexity index is 1200. The highest BCUT2D eigenvalue weighted by Crippen LogP contribution is 2.54. The number of aromatic hydroxyl groups is 1. The molecule has 1 aliphatic rings. The van der Waals surface area contributed by atoms with Crippen molar-refractivity contribution in [2.45, 2.75) is 37.6 Å². The molecule has 178 valence electrons. The Hall–Kier alpha value is -3.48. The molecular weight excluding hydrogens is 457 g/mol. The van der Waals surface area contributed by atoms with Gasteiger partial charge in [0.25, 0.3) is 11.8 Å². The molecule has 2 amide bonds. The zero-order chi connectivity index (χ0) is 24.9. The molecule has 0 spiro atoms. The van der Waals surface area contributed by atoms with Crippen molar-refractivity contribution >= 4 is 11.8 Å². The Kier molecular flexibility index (Phi) is 5.96. The Balaban J connectivity index is 2.15. The number of phenolic OH excluding ortho intramolecular Hbond substituents is 1. The lowest BCUT2D eigenvalue weighted by Crippen LogP contribution is -2.47. The molecule has 0 aliphatic carbocycles. The maximum absolute atomic E-state index is 14.0. The number of carbonyl (C=O) groups excluding carboxylic acids is 2. The van der Waals surface area contributed by atoms with Gasteiger partial charge in [-0.05, 0) is 25.1 Å². The minimum Gasteiger partial charge on any atom is -0.505 e. The molecule has 1 saturated heterocycles. The second kappa shape index (κ2) is 8.14. The van der Waals surface area contributed by atoms with E-state index in [-0.39, 0.29) is 5.36 Å². The molecule has 1 aromatic heterocycles. The smallest absolute Gasteiger partial charge is 0.417 e. The molecular formula is C20H18F5N3O5. The van der Waals surface area contributed by atoms with Crippen LogP contribution in [0.15, 0.2) is 35.5 Å². The second-order valence-electron chi connectivity index (χ2n) is 7.69. The first-order valence-corrected chi connectivity index (χ1v) is 9.40. The number of primary amides is 1. The third kappa shape index (κ3) is 4.03. The summed E-state index contributed by atoms with van der Waals surface area (Å²) in [5.41, 5.74) is 1.25. The molecule has 2 heterocycles. The minimum atomic E-state index is -4.97. The monoisotopic (exact) mass is 475 g/mol. The Morgan fingerprint density at radius 1 is 1.24 bits per heavy atom. The first-order valence-electron chi connectivity index (χ1n) is 9.40. The fourth-order valence-corrected chi connectivity index (χ4v) is 3.76. The molecule has 0 unspecified atom stereocenters.